The van der Waals surface area contributed by atoms with Crippen LogP contribution in [0.25, 0.3) is 0 Å². The molecule has 0 saturated heterocycles. The van der Waals surface area contributed by atoms with E-state index in [0.29, 0.717) is 18.4 Å². The average Bonchev–Trinajstić information content (AvgIpc) is 2.34. The summed E-state index contributed by atoms with van der Waals surface area (Å²) in [5.74, 6) is 1.06. The molecule has 1 heterocycles. The number of ether oxygens (including phenoxy) is 1. The summed E-state index contributed by atoms with van der Waals surface area (Å²) in [6.07, 6.45) is 2.72. The molecule has 0 radical (unpaired) electrons. The summed E-state index contributed by atoms with van der Waals surface area (Å²) >= 11 is 0. The molecule has 0 aliphatic carbocycles. The first-order valence-corrected chi connectivity index (χ1v) is 5.29. The molecule has 16 heavy (non-hydrogen) atoms. The highest BCUT2D eigenvalue weighted by Gasteiger charge is 1.96. The van der Waals surface area contributed by atoms with Gasteiger partial charge in [0.15, 0.2) is 5.96 Å². The monoisotopic (exact) mass is 222 g/mol. The summed E-state index contributed by atoms with van der Waals surface area (Å²) < 4.78 is 5.02. The van der Waals surface area contributed by atoms with Crippen LogP contribution in [0.3, 0.4) is 0 Å². The van der Waals surface area contributed by atoms with Crippen LogP contribution in [-0.4, -0.2) is 24.6 Å². The molecule has 1 aromatic rings. The molecule has 0 aromatic carbocycles. The second-order valence-corrected chi connectivity index (χ2v) is 3.33. The van der Waals surface area contributed by atoms with Crippen LogP contribution in [0, 0.1) is 0 Å². The lowest BCUT2D eigenvalue weighted by Crippen LogP contribution is -2.32. The van der Waals surface area contributed by atoms with E-state index in [-0.39, 0.29) is 0 Å². The molecular weight excluding hydrogens is 204 g/mol. The highest BCUT2D eigenvalue weighted by atomic mass is 16.5. The predicted molar refractivity (Wildman–Crippen MR) is 64.4 cm³/mol. The minimum Gasteiger partial charge on any atom is -0.481 e. The zero-order chi connectivity index (χ0) is 11.8. The number of rotatable bonds is 5. The van der Waals surface area contributed by atoms with Gasteiger partial charge < -0.3 is 15.8 Å². The molecule has 0 fully saturated rings. The molecule has 0 spiro atoms. The Labute approximate surface area is 95.7 Å². The number of guanidine groups is 1. The number of methoxy groups -OCH3 is 1. The van der Waals surface area contributed by atoms with E-state index in [4.69, 9.17) is 10.5 Å². The largest absolute Gasteiger partial charge is 0.481 e. The number of nitrogens with two attached hydrogens (primary N) is 1. The topological polar surface area (TPSA) is 72.5 Å². The van der Waals surface area contributed by atoms with Crippen molar-refractivity contribution in [1.82, 2.24) is 10.3 Å². The van der Waals surface area contributed by atoms with Gasteiger partial charge in [-0.05, 0) is 18.1 Å². The third-order valence-corrected chi connectivity index (χ3v) is 2.00. The van der Waals surface area contributed by atoms with Gasteiger partial charge in [-0.2, -0.15) is 0 Å². The lowest BCUT2D eigenvalue weighted by atomic mass is 10.3. The Balaban J connectivity index is 2.52. The zero-order valence-electron chi connectivity index (χ0n) is 9.73. The van der Waals surface area contributed by atoms with Crippen molar-refractivity contribution in [2.45, 2.75) is 19.9 Å². The highest BCUT2D eigenvalue weighted by molar-refractivity contribution is 5.77. The van der Waals surface area contributed by atoms with Crippen molar-refractivity contribution in [1.29, 1.82) is 0 Å². The van der Waals surface area contributed by atoms with E-state index in [2.05, 4.69) is 22.2 Å². The summed E-state index contributed by atoms with van der Waals surface area (Å²) in [7, 11) is 1.59. The molecule has 1 rings (SSSR count). The number of hydrogen-bond donors (Lipinski definition) is 2. The van der Waals surface area contributed by atoms with Gasteiger partial charge in [0.05, 0.1) is 13.7 Å². The molecule has 0 bridgehead atoms. The van der Waals surface area contributed by atoms with Gasteiger partial charge >= 0.3 is 0 Å². The van der Waals surface area contributed by atoms with Crippen LogP contribution in [0.15, 0.2) is 23.3 Å². The lowest BCUT2D eigenvalue weighted by Gasteiger charge is -2.04. The number of pyridine rings is 1. The summed E-state index contributed by atoms with van der Waals surface area (Å²) in [6.45, 7) is 3.45. The first kappa shape index (κ1) is 12.3. The average molecular weight is 222 g/mol. The smallest absolute Gasteiger partial charge is 0.213 e. The van der Waals surface area contributed by atoms with Crippen LogP contribution in [-0.2, 0) is 6.54 Å². The molecule has 0 aliphatic heterocycles. The van der Waals surface area contributed by atoms with Crippen molar-refractivity contribution >= 4 is 5.96 Å². The predicted octanol–water partition coefficient (Wildman–Crippen LogP) is 0.904. The van der Waals surface area contributed by atoms with Gasteiger partial charge in [0.1, 0.15) is 0 Å². The summed E-state index contributed by atoms with van der Waals surface area (Å²) in [6, 6.07) is 3.73. The standard InChI is InChI=1S/C11H18N4O/c1-3-5-14-11(12)15-8-9-4-6-13-10(7-9)16-2/h4,6-7H,3,5,8H2,1-2H3,(H3,12,14,15). The minimum atomic E-state index is 0.470. The molecule has 1 aromatic heterocycles. The van der Waals surface area contributed by atoms with E-state index >= 15 is 0 Å². The molecular formula is C11H18N4O. The molecule has 0 unspecified atom stereocenters. The van der Waals surface area contributed by atoms with E-state index in [1.54, 1.807) is 13.3 Å². The van der Waals surface area contributed by atoms with E-state index < -0.39 is 0 Å². The van der Waals surface area contributed by atoms with Crippen LogP contribution in [0.4, 0.5) is 0 Å². The van der Waals surface area contributed by atoms with Crippen LogP contribution >= 0.6 is 0 Å². The normalized spacial score (nSPS) is 11.2. The van der Waals surface area contributed by atoms with Crippen molar-refractivity contribution in [2.75, 3.05) is 13.7 Å². The maximum absolute atomic E-state index is 5.67. The van der Waals surface area contributed by atoms with Crippen LogP contribution in [0.5, 0.6) is 5.88 Å². The molecule has 0 saturated carbocycles. The maximum Gasteiger partial charge on any atom is 0.213 e. The molecule has 0 aliphatic rings. The third-order valence-electron chi connectivity index (χ3n) is 2.00. The summed E-state index contributed by atoms with van der Waals surface area (Å²) in [5, 5.41) is 3.01. The van der Waals surface area contributed by atoms with Crippen LogP contribution in [0.2, 0.25) is 0 Å². The molecule has 3 N–H and O–H groups in total. The van der Waals surface area contributed by atoms with Crippen LogP contribution in [0.1, 0.15) is 18.9 Å². The van der Waals surface area contributed by atoms with Crippen LogP contribution < -0.4 is 15.8 Å². The van der Waals surface area contributed by atoms with Gasteiger partial charge in [0.2, 0.25) is 5.88 Å². The molecule has 5 nitrogen and oxygen atoms in total. The van der Waals surface area contributed by atoms with Gasteiger partial charge in [0, 0.05) is 18.8 Å². The first-order chi connectivity index (χ1) is 7.76. The Bertz CT molecular complexity index is 352. The Morgan fingerprint density at radius 2 is 2.44 bits per heavy atom. The zero-order valence-corrected chi connectivity index (χ0v) is 9.73. The second-order valence-electron chi connectivity index (χ2n) is 3.33. The first-order valence-electron chi connectivity index (χ1n) is 5.29. The minimum absolute atomic E-state index is 0.470. The Morgan fingerprint density at radius 3 is 3.12 bits per heavy atom. The van der Waals surface area contributed by atoms with E-state index in [1.165, 1.54) is 0 Å². The number of nitrogens with one attached hydrogen (secondary N) is 1. The fourth-order valence-corrected chi connectivity index (χ4v) is 1.15. The Kier molecular flexibility index (Phi) is 5.11. The summed E-state index contributed by atoms with van der Waals surface area (Å²) in [4.78, 5) is 8.22. The quantitative estimate of drug-likeness (QED) is 0.573. The van der Waals surface area contributed by atoms with E-state index in [1.807, 2.05) is 12.1 Å². The maximum atomic E-state index is 5.67. The molecule has 0 atom stereocenters. The second kappa shape index (κ2) is 6.66. The van der Waals surface area contributed by atoms with Crippen molar-refractivity contribution < 1.29 is 4.74 Å². The van der Waals surface area contributed by atoms with Gasteiger partial charge in [-0.15, -0.1) is 0 Å². The Morgan fingerprint density at radius 1 is 1.62 bits per heavy atom. The number of hydrogen-bond acceptors (Lipinski definition) is 3. The SMILES string of the molecule is CCCNC(N)=NCc1ccnc(OC)c1. The lowest BCUT2D eigenvalue weighted by molar-refractivity contribution is 0.397. The van der Waals surface area contributed by atoms with E-state index in [9.17, 15) is 0 Å². The number of nitrogens with zero attached hydrogens (tertiary/aromatic N) is 2. The van der Waals surface area contributed by atoms with Gasteiger partial charge in [-0.25, -0.2) is 9.98 Å². The molecule has 5 heteroatoms. The third kappa shape index (κ3) is 4.16. The van der Waals surface area contributed by atoms with Gasteiger partial charge in [-0.3, -0.25) is 0 Å². The van der Waals surface area contributed by atoms with Crippen molar-refractivity contribution in [2.24, 2.45) is 10.7 Å². The van der Waals surface area contributed by atoms with Crippen molar-refractivity contribution in [3.63, 3.8) is 0 Å². The van der Waals surface area contributed by atoms with Crippen molar-refractivity contribution in [3.8, 4) is 5.88 Å². The number of aliphatic imine (C=N–C) groups is 1. The van der Waals surface area contributed by atoms with E-state index in [0.717, 1.165) is 18.5 Å². The van der Waals surface area contributed by atoms with Gasteiger partial charge in [0.25, 0.3) is 0 Å². The summed E-state index contributed by atoms with van der Waals surface area (Å²) in [5.41, 5.74) is 6.69. The molecule has 88 valence electrons. The Hall–Kier alpha value is -1.78. The highest BCUT2D eigenvalue weighted by Crippen LogP contribution is 2.09. The molecule has 0 amide bonds. The fourth-order valence-electron chi connectivity index (χ4n) is 1.15. The van der Waals surface area contributed by atoms with Crippen molar-refractivity contribution in [3.05, 3.63) is 23.9 Å². The van der Waals surface area contributed by atoms with Gasteiger partial charge in [-0.1, -0.05) is 6.92 Å². The fraction of sp³-hybridized carbons (Fsp3) is 0.455. The number of aromatic nitrogens is 1.